The van der Waals surface area contributed by atoms with E-state index in [1.54, 1.807) is 31.2 Å². The topological polar surface area (TPSA) is 79.5 Å². The molecule has 0 bridgehead atoms. The van der Waals surface area contributed by atoms with E-state index in [1.807, 2.05) is 19.9 Å². The first-order valence-corrected chi connectivity index (χ1v) is 10.8. The molecule has 2 N–H and O–H groups in total. The Hall–Kier alpha value is -3.48. The molecular weight excluding hydrogens is 428 g/mol. The fraction of sp³-hybridized carbons (Fsp3) is 0.308. The van der Waals surface area contributed by atoms with Gasteiger partial charge in [-0.2, -0.15) is 0 Å². The fourth-order valence-corrected chi connectivity index (χ4v) is 4.30. The van der Waals surface area contributed by atoms with E-state index < -0.39 is 17.9 Å². The Morgan fingerprint density at radius 2 is 1.94 bits per heavy atom. The Morgan fingerprint density at radius 1 is 1.21 bits per heavy atom. The van der Waals surface area contributed by atoms with Gasteiger partial charge < -0.3 is 14.8 Å². The van der Waals surface area contributed by atoms with E-state index in [4.69, 9.17) is 4.42 Å². The predicted octanol–water partition coefficient (Wildman–Crippen LogP) is 6.48. The lowest BCUT2D eigenvalue weighted by molar-refractivity contribution is -0.00618. The Morgan fingerprint density at radius 3 is 2.61 bits per heavy atom. The summed E-state index contributed by atoms with van der Waals surface area (Å²) < 4.78 is 33.5. The van der Waals surface area contributed by atoms with Crippen LogP contribution >= 0.6 is 0 Å². The van der Waals surface area contributed by atoms with Gasteiger partial charge in [0.2, 0.25) is 0 Å². The number of para-hydroxylation sites is 1. The molecule has 2 aromatic carbocycles. The molecule has 33 heavy (non-hydrogen) atoms. The molecule has 1 heterocycles. The van der Waals surface area contributed by atoms with Crippen molar-refractivity contribution in [1.29, 1.82) is 0 Å². The number of anilines is 1. The van der Waals surface area contributed by atoms with Gasteiger partial charge in [-0.3, -0.25) is 4.79 Å². The van der Waals surface area contributed by atoms with E-state index in [9.17, 15) is 23.5 Å². The van der Waals surface area contributed by atoms with Gasteiger partial charge in [0.25, 0.3) is 5.92 Å². The molecule has 1 atom stereocenters. The second-order valence-electron chi connectivity index (χ2n) is 8.62. The van der Waals surface area contributed by atoms with Crippen LogP contribution in [0.1, 0.15) is 65.0 Å². The molecule has 0 saturated carbocycles. The Kier molecular flexibility index (Phi) is 5.82. The summed E-state index contributed by atoms with van der Waals surface area (Å²) in [6.07, 6.45) is 0.918. The van der Waals surface area contributed by atoms with Crippen LogP contribution in [0.2, 0.25) is 0 Å². The van der Waals surface area contributed by atoms with Crippen molar-refractivity contribution in [1.82, 2.24) is 0 Å². The van der Waals surface area contributed by atoms with Crippen molar-refractivity contribution in [2.45, 2.75) is 52.0 Å². The highest BCUT2D eigenvalue weighted by molar-refractivity contribution is 5.94. The maximum absolute atomic E-state index is 13.7. The molecule has 4 rings (SSSR count). The number of aromatic carboxylic acids is 1. The summed E-state index contributed by atoms with van der Waals surface area (Å²) in [6.45, 7) is 5.38. The molecule has 1 aromatic heterocycles. The second-order valence-corrected chi connectivity index (χ2v) is 8.62. The zero-order valence-corrected chi connectivity index (χ0v) is 18.7. The first kappa shape index (κ1) is 22.7. The van der Waals surface area contributed by atoms with Crippen LogP contribution in [0.25, 0.3) is 16.5 Å². The molecule has 0 saturated heterocycles. The molecule has 0 aliphatic heterocycles. The largest absolute Gasteiger partial charge is 0.478 e. The van der Waals surface area contributed by atoms with Gasteiger partial charge in [-0.15, -0.1) is 0 Å². The second kappa shape index (κ2) is 8.46. The highest BCUT2D eigenvalue weighted by Gasteiger charge is 2.32. The van der Waals surface area contributed by atoms with Gasteiger partial charge in [0, 0.05) is 29.7 Å². The minimum Gasteiger partial charge on any atom is -0.478 e. The smallest absolute Gasteiger partial charge is 0.337 e. The van der Waals surface area contributed by atoms with E-state index in [2.05, 4.69) is 5.32 Å². The number of carbonyl (C=O) groups is 1. The maximum atomic E-state index is 13.7. The quantitative estimate of drug-likeness (QED) is 0.462. The van der Waals surface area contributed by atoms with Crippen molar-refractivity contribution >= 4 is 28.2 Å². The van der Waals surface area contributed by atoms with Crippen LogP contribution in [0, 0.1) is 13.8 Å². The summed E-state index contributed by atoms with van der Waals surface area (Å²) in [5, 5.41) is 13.1. The normalized spacial score (nSPS) is 16.3. The SMILES string of the molecule is Cc1cc([C@@H](C)Nc2ccccc2C(=O)O)c2oc(C3=CCC(F)(F)CC3)c(C)c(=O)c2c1. The number of fused-ring (bicyclic) bond motifs is 1. The lowest BCUT2D eigenvalue weighted by Crippen LogP contribution is -2.19. The number of nitrogens with one attached hydrogen (secondary N) is 1. The zero-order valence-electron chi connectivity index (χ0n) is 18.7. The highest BCUT2D eigenvalue weighted by atomic mass is 19.3. The maximum Gasteiger partial charge on any atom is 0.337 e. The Balaban J connectivity index is 1.84. The molecule has 0 amide bonds. The van der Waals surface area contributed by atoms with Gasteiger partial charge in [0.05, 0.1) is 17.0 Å². The van der Waals surface area contributed by atoms with E-state index in [0.29, 0.717) is 39.1 Å². The summed E-state index contributed by atoms with van der Waals surface area (Å²) in [4.78, 5) is 24.8. The van der Waals surface area contributed by atoms with Crippen LogP contribution in [0.4, 0.5) is 14.5 Å². The lowest BCUT2D eigenvalue weighted by Gasteiger charge is -2.23. The summed E-state index contributed by atoms with van der Waals surface area (Å²) in [7, 11) is 0. The summed E-state index contributed by atoms with van der Waals surface area (Å²) in [5.74, 6) is -3.46. The summed E-state index contributed by atoms with van der Waals surface area (Å²) >= 11 is 0. The van der Waals surface area contributed by atoms with E-state index in [0.717, 1.165) is 5.56 Å². The monoisotopic (exact) mass is 453 g/mol. The van der Waals surface area contributed by atoms with E-state index in [1.165, 1.54) is 12.1 Å². The summed E-state index contributed by atoms with van der Waals surface area (Å²) in [6, 6.07) is 9.82. The number of rotatable bonds is 5. The Bertz CT molecular complexity index is 1340. The molecule has 3 aromatic rings. The molecule has 172 valence electrons. The number of carboxylic acids is 1. The van der Waals surface area contributed by atoms with Crippen molar-refractivity contribution in [2.24, 2.45) is 0 Å². The van der Waals surface area contributed by atoms with Crippen LogP contribution in [0.3, 0.4) is 0 Å². The average Bonchev–Trinajstić information content (AvgIpc) is 2.76. The van der Waals surface area contributed by atoms with Crippen molar-refractivity contribution in [3.8, 4) is 0 Å². The average molecular weight is 453 g/mol. The number of hydrogen-bond donors (Lipinski definition) is 2. The number of halogens is 2. The molecule has 5 nitrogen and oxygen atoms in total. The van der Waals surface area contributed by atoms with Crippen LogP contribution in [-0.4, -0.2) is 17.0 Å². The number of alkyl halides is 2. The van der Waals surface area contributed by atoms with Crippen molar-refractivity contribution in [3.05, 3.63) is 80.7 Å². The van der Waals surface area contributed by atoms with Crippen molar-refractivity contribution in [3.63, 3.8) is 0 Å². The fourth-order valence-electron chi connectivity index (χ4n) is 4.30. The number of carboxylic acid groups (broad SMARTS) is 1. The van der Waals surface area contributed by atoms with Gasteiger partial charge in [-0.05, 0) is 56.5 Å². The zero-order chi connectivity index (χ0) is 23.9. The third-order valence-corrected chi connectivity index (χ3v) is 6.09. The van der Waals surface area contributed by atoms with Gasteiger partial charge in [-0.25, -0.2) is 13.6 Å². The standard InChI is InChI=1S/C26H25F2NO4/c1-14-12-19(16(3)29-21-7-5-4-6-18(21)25(31)32)24-20(13-14)22(30)15(2)23(33-24)17-8-10-26(27,28)11-9-17/h4-8,12-13,16,29H,9-11H2,1-3H3,(H,31,32)/t16-/m1/s1. The number of allylic oxidation sites excluding steroid dienone is 2. The molecule has 0 spiro atoms. The molecule has 1 aliphatic carbocycles. The number of aryl methyl sites for hydroxylation is 1. The van der Waals surface area contributed by atoms with E-state index in [-0.39, 0.29) is 30.3 Å². The minimum absolute atomic E-state index is 0.128. The predicted molar refractivity (Wildman–Crippen MR) is 124 cm³/mol. The van der Waals surface area contributed by atoms with E-state index >= 15 is 0 Å². The molecule has 0 unspecified atom stereocenters. The van der Waals surface area contributed by atoms with Gasteiger partial charge in [0.1, 0.15) is 11.3 Å². The van der Waals surface area contributed by atoms with Crippen LogP contribution < -0.4 is 10.7 Å². The molecular formula is C26H25F2NO4. The van der Waals surface area contributed by atoms with Crippen LogP contribution in [-0.2, 0) is 0 Å². The van der Waals surface area contributed by atoms with Gasteiger partial charge >= 0.3 is 5.97 Å². The molecule has 7 heteroatoms. The van der Waals surface area contributed by atoms with Crippen LogP contribution in [0.15, 0.2) is 51.7 Å². The number of benzene rings is 2. The molecule has 0 radical (unpaired) electrons. The lowest BCUT2D eigenvalue weighted by atomic mass is 9.92. The van der Waals surface area contributed by atoms with Crippen molar-refractivity contribution in [2.75, 3.05) is 5.32 Å². The third-order valence-electron chi connectivity index (χ3n) is 6.09. The minimum atomic E-state index is -2.74. The number of hydrogen-bond acceptors (Lipinski definition) is 4. The molecule has 1 aliphatic rings. The van der Waals surface area contributed by atoms with Crippen LogP contribution in [0.5, 0.6) is 0 Å². The Labute approximate surface area is 189 Å². The first-order valence-electron chi connectivity index (χ1n) is 10.8. The first-order chi connectivity index (χ1) is 15.6. The van der Waals surface area contributed by atoms with Gasteiger partial charge in [0.15, 0.2) is 5.43 Å². The molecule has 0 fully saturated rings. The highest BCUT2D eigenvalue weighted by Crippen LogP contribution is 2.38. The van der Waals surface area contributed by atoms with Gasteiger partial charge in [-0.1, -0.05) is 24.3 Å². The third kappa shape index (κ3) is 4.40. The van der Waals surface area contributed by atoms with Crippen molar-refractivity contribution < 1.29 is 23.1 Å². The summed E-state index contributed by atoms with van der Waals surface area (Å²) in [5.41, 5.74) is 3.29.